The van der Waals surface area contributed by atoms with Crippen LogP contribution in [0.5, 0.6) is 0 Å². The molecule has 16 nitrogen and oxygen atoms in total. The van der Waals surface area contributed by atoms with Gasteiger partial charge in [-0.3, -0.25) is 14.2 Å². The molecule has 232 valence electrons. The van der Waals surface area contributed by atoms with Crippen LogP contribution in [0.1, 0.15) is 59.6 Å². The smallest absolute Gasteiger partial charge is 0.323 e. The summed E-state index contributed by atoms with van der Waals surface area (Å²) in [4.78, 5) is 54.8. The summed E-state index contributed by atoms with van der Waals surface area (Å²) in [5.74, 6) is -1.77. The van der Waals surface area contributed by atoms with E-state index in [4.69, 9.17) is 37.3 Å². The van der Waals surface area contributed by atoms with Gasteiger partial charge in [0.15, 0.2) is 35.4 Å². The molecule has 1 saturated carbocycles. The number of carbonyl (C=O) groups is 2. The Hall–Kier alpha value is -3.34. The molecule has 6 atom stereocenters. The second kappa shape index (κ2) is 13.3. The van der Waals surface area contributed by atoms with Gasteiger partial charge in [0.1, 0.15) is 24.8 Å². The van der Waals surface area contributed by atoms with E-state index in [1.165, 1.54) is 10.9 Å². The van der Waals surface area contributed by atoms with Crippen molar-refractivity contribution in [2.24, 2.45) is 23.3 Å². The standard InChI is InChI=1S/C25H37ClN8O8/c1-11(2)15(27)23(35)41-18-14(9-39-34(37)38)40-22(19(18)42-24(36)16(28)12(3)4)33-10-29-17-20(30-13-7-5-6-8-13)31-25(26)32-21(17)33/h10-16,18-19,22H,5-9,27-28H2,1-4H3,(H,30,31,32)/t14-,15+,16+,18-,19-,22-/m1/s1. The van der Waals surface area contributed by atoms with Crippen LogP contribution in [0.15, 0.2) is 6.33 Å². The molecule has 0 radical (unpaired) electrons. The highest BCUT2D eigenvalue weighted by Crippen LogP contribution is 2.37. The Morgan fingerprint density at radius 1 is 1.12 bits per heavy atom. The molecule has 17 heteroatoms. The van der Waals surface area contributed by atoms with Crippen LogP contribution < -0.4 is 16.8 Å². The molecule has 1 aliphatic heterocycles. The van der Waals surface area contributed by atoms with Gasteiger partial charge in [-0.15, -0.1) is 10.1 Å². The zero-order valence-electron chi connectivity index (χ0n) is 23.8. The Labute approximate surface area is 246 Å². The lowest BCUT2D eigenvalue weighted by molar-refractivity contribution is -0.759. The summed E-state index contributed by atoms with van der Waals surface area (Å²) in [5.41, 5.74) is 12.7. The Kier molecular flexibility index (Phi) is 10.0. The number of nitrogens with zero attached hydrogens (tertiary/aromatic N) is 5. The second-order valence-electron chi connectivity index (χ2n) is 11.2. The fourth-order valence-electron chi connectivity index (χ4n) is 4.88. The molecule has 2 aliphatic rings. The zero-order valence-corrected chi connectivity index (χ0v) is 24.6. The fourth-order valence-corrected chi connectivity index (χ4v) is 5.04. The highest BCUT2D eigenvalue weighted by Gasteiger charge is 2.52. The molecular weight excluding hydrogens is 576 g/mol. The van der Waals surface area contributed by atoms with Crippen molar-refractivity contribution >= 4 is 40.5 Å². The summed E-state index contributed by atoms with van der Waals surface area (Å²) in [6.07, 6.45) is 0.317. The molecule has 1 aliphatic carbocycles. The van der Waals surface area contributed by atoms with Crippen molar-refractivity contribution in [3.63, 3.8) is 0 Å². The number of nitrogens with one attached hydrogen (secondary N) is 1. The Bertz CT molecular complexity index is 1290. The lowest BCUT2D eigenvalue weighted by atomic mass is 10.0. The van der Waals surface area contributed by atoms with Crippen LogP contribution in [-0.4, -0.2) is 79.6 Å². The highest BCUT2D eigenvalue weighted by atomic mass is 35.5. The number of carbonyl (C=O) groups excluding carboxylic acids is 2. The summed E-state index contributed by atoms with van der Waals surface area (Å²) in [5, 5.41) is 13.3. The summed E-state index contributed by atoms with van der Waals surface area (Å²) < 4.78 is 19.1. The van der Waals surface area contributed by atoms with Crippen molar-refractivity contribution < 1.29 is 33.7 Å². The average Bonchev–Trinajstić information content (AvgIpc) is 3.66. The van der Waals surface area contributed by atoms with Crippen molar-refractivity contribution in [1.29, 1.82) is 0 Å². The van der Waals surface area contributed by atoms with Crippen molar-refractivity contribution in [2.75, 3.05) is 11.9 Å². The highest BCUT2D eigenvalue weighted by molar-refractivity contribution is 6.28. The van der Waals surface area contributed by atoms with Crippen LogP contribution in [0.25, 0.3) is 11.2 Å². The molecule has 0 amide bonds. The molecule has 4 rings (SSSR count). The van der Waals surface area contributed by atoms with Gasteiger partial charge in [0.25, 0.3) is 5.09 Å². The van der Waals surface area contributed by atoms with E-state index >= 15 is 0 Å². The molecule has 0 spiro atoms. The molecule has 42 heavy (non-hydrogen) atoms. The summed E-state index contributed by atoms with van der Waals surface area (Å²) >= 11 is 6.29. The normalized spacial score (nSPS) is 24.2. The minimum Gasteiger partial charge on any atom is -0.454 e. The molecule has 0 aromatic carbocycles. The van der Waals surface area contributed by atoms with E-state index in [0.717, 1.165) is 25.7 Å². The van der Waals surface area contributed by atoms with Gasteiger partial charge in [-0.2, -0.15) is 9.97 Å². The van der Waals surface area contributed by atoms with E-state index in [-0.39, 0.29) is 28.8 Å². The van der Waals surface area contributed by atoms with Crippen LogP contribution in [0.2, 0.25) is 5.28 Å². The number of halogens is 1. The minimum absolute atomic E-state index is 0.0720. The maximum atomic E-state index is 13.1. The lowest BCUT2D eigenvalue weighted by Crippen LogP contribution is -2.48. The van der Waals surface area contributed by atoms with Crippen molar-refractivity contribution in [2.45, 2.75) is 96.0 Å². The van der Waals surface area contributed by atoms with E-state index in [9.17, 15) is 19.7 Å². The first kappa shape index (κ1) is 31.6. The monoisotopic (exact) mass is 612 g/mol. The molecule has 2 aromatic rings. The summed E-state index contributed by atoms with van der Waals surface area (Å²) in [6, 6.07) is -1.86. The van der Waals surface area contributed by atoms with Crippen LogP contribution >= 0.6 is 11.6 Å². The number of ether oxygens (including phenoxy) is 3. The van der Waals surface area contributed by atoms with E-state index in [1.807, 2.05) is 0 Å². The van der Waals surface area contributed by atoms with Crippen LogP contribution in [0.4, 0.5) is 5.82 Å². The number of nitrogens with two attached hydrogens (primary N) is 2. The SMILES string of the molecule is CC(C)[C@H](N)C(=O)O[C@@H]1[C@H](OC(=O)[C@@H](N)C(C)C)[C@@H](CO[N+](=O)[O-])O[C@H]1n1cnc2c(NC3CCCC3)nc(Cl)nc21. The van der Waals surface area contributed by atoms with Crippen LogP contribution in [0.3, 0.4) is 0 Å². The third-order valence-corrected chi connectivity index (χ3v) is 7.65. The van der Waals surface area contributed by atoms with Crippen molar-refractivity contribution in [1.82, 2.24) is 19.5 Å². The van der Waals surface area contributed by atoms with Crippen LogP contribution in [0, 0.1) is 22.0 Å². The first-order valence-corrected chi connectivity index (χ1v) is 14.3. The predicted octanol–water partition coefficient (Wildman–Crippen LogP) is 1.73. The van der Waals surface area contributed by atoms with E-state index in [0.29, 0.717) is 11.3 Å². The topological polar surface area (TPSA) is 222 Å². The number of anilines is 1. The second-order valence-corrected chi connectivity index (χ2v) is 11.6. The van der Waals surface area contributed by atoms with Gasteiger partial charge in [-0.1, -0.05) is 40.5 Å². The molecule has 2 aromatic heterocycles. The quantitative estimate of drug-likeness (QED) is 0.134. The predicted molar refractivity (Wildman–Crippen MR) is 148 cm³/mol. The Morgan fingerprint density at radius 2 is 1.71 bits per heavy atom. The average molecular weight is 613 g/mol. The molecular formula is C25H37ClN8O8. The molecule has 2 fully saturated rings. The summed E-state index contributed by atoms with van der Waals surface area (Å²) in [6.45, 7) is 6.29. The first-order valence-electron chi connectivity index (χ1n) is 13.9. The van der Waals surface area contributed by atoms with Gasteiger partial charge in [0, 0.05) is 6.04 Å². The van der Waals surface area contributed by atoms with E-state index in [2.05, 4.69) is 25.1 Å². The van der Waals surface area contributed by atoms with Crippen molar-refractivity contribution in [3.8, 4) is 0 Å². The molecule has 5 N–H and O–H groups in total. The maximum Gasteiger partial charge on any atom is 0.323 e. The minimum atomic E-state index is -1.36. The molecule has 0 bridgehead atoms. The number of aromatic nitrogens is 4. The third kappa shape index (κ3) is 6.99. The Morgan fingerprint density at radius 3 is 2.29 bits per heavy atom. The van der Waals surface area contributed by atoms with Gasteiger partial charge in [0.2, 0.25) is 5.28 Å². The lowest BCUT2D eigenvalue weighted by Gasteiger charge is -2.27. The maximum absolute atomic E-state index is 13.1. The number of imidazole rings is 1. The van der Waals surface area contributed by atoms with Crippen molar-refractivity contribution in [3.05, 3.63) is 21.7 Å². The first-order chi connectivity index (χ1) is 19.9. The molecule has 1 saturated heterocycles. The van der Waals surface area contributed by atoms with E-state index in [1.54, 1.807) is 27.7 Å². The van der Waals surface area contributed by atoms with Gasteiger partial charge in [0.05, 0.1) is 6.33 Å². The summed E-state index contributed by atoms with van der Waals surface area (Å²) in [7, 11) is 0. The zero-order chi connectivity index (χ0) is 30.7. The number of esters is 2. The molecule has 3 heterocycles. The van der Waals surface area contributed by atoms with Gasteiger partial charge in [-0.05, 0) is 36.3 Å². The van der Waals surface area contributed by atoms with Gasteiger partial charge in [-0.25, -0.2) is 4.98 Å². The number of hydrogen-bond acceptors (Lipinski definition) is 14. The number of fused-ring (bicyclic) bond motifs is 1. The molecule has 0 unspecified atom stereocenters. The third-order valence-electron chi connectivity index (χ3n) is 7.48. The van der Waals surface area contributed by atoms with Gasteiger partial charge < -0.3 is 35.8 Å². The number of rotatable bonds is 12. The number of hydrogen-bond donors (Lipinski definition) is 3. The Balaban J connectivity index is 1.75. The largest absolute Gasteiger partial charge is 0.454 e. The van der Waals surface area contributed by atoms with Gasteiger partial charge >= 0.3 is 11.9 Å². The van der Waals surface area contributed by atoms with E-state index < -0.39 is 60.3 Å². The fraction of sp³-hybridized carbons (Fsp3) is 0.720. The van der Waals surface area contributed by atoms with Crippen LogP contribution in [-0.2, 0) is 28.6 Å².